The lowest BCUT2D eigenvalue weighted by Crippen LogP contribution is -2.47. The number of H-pyrrole nitrogens is 1. The van der Waals surface area contributed by atoms with Gasteiger partial charge in [-0.3, -0.25) is 19.2 Å². The van der Waals surface area contributed by atoms with E-state index in [0.717, 1.165) is 6.07 Å². The highest BCUT2D eigenvalue weighted by Crippen LogP contribution is 2.23. The maximum atomic E-state index is 15.7. The Labute approximate surface area is 332 Å². The number of terminal acetylenes is 1. The third kappa shape index (κ3) is 15.0. The van der Waals surface area contributed by atoms with Crippen molar-refractivity contribution in [1.82, 2.24) is 20.6 Å². The first-order valence-electron chi connectivity index (χ1n) is 18.6. The number of benzene rings is 2. The van der Waals surface area contributed by atoms with Crippen LogP contribution in [0.4, 0.5) is 10.1 Å². The minimum atomic E-state index is -1.39. The van der Waals surface area contributed by atoms with E-state index in [1.165, 1.54) is 12.1 Å². The van der Waals surface area contributed by atoms with E-state index in [-0.39, 0.29) is 49.9 Å². The number of nitrogens with one attached hydrogen (secondary N) is 3. The fourth-order valence-electron chi connectivity index (χ4n) is 5.53. The summed E-state index contributed by atoms with van der Waals surface area (Å²) in [5.74, 6) is -1.72. The molecule has 308 valence electrons. The lowest BCUT2D eigenvalue weighted by atomic mass is 10.1. The van der Waals surface area contributed by atoms with Gasteiger partial charge in [-0.1, -0.05) is 12.0 Å². The standard InChI is InChI=1S/C42H54FN5O9/c1-12-21-48(24-26-13-16-31-29(22-26)37(52)45-25(2)44-31)27-14-15-28(30(43)23-27)36(51)47-33(39(54)57-42(9,10)11)17-19-34(49)46-32(38(53)56-41(6,7)8)18-20-35(50)55-40(3,4)5/h1,13-16,22-23,32-33H,17-21,24H2,2-11H3,(H,46,49)(H,47,51)(H,44,45,52)/t32-,33+/m1/s1. The zero-order valence-electron chi connectivity index (χ0n) is 34.4. The first-order valence-corrected chi connectivity index (χ1v) is 18.6. The van der Waals surface area contributed by atoms with Crippen molar-refractivity contribution in [3.05, 3.63) is 69.5 Å². The predicted octanol–water partition coefficient (Wildman–Crippen LogP) is 5.18. The van der Waals surface area contributed by atoms with Crippen LogP contribution in [0.1, 0.15) is 110 Å². The summed E-state index contributed by atoms with van der Waals surface area (Å²) in [5.41, 5.74) is -1.70. The van der Waals surface area contributed by atoms with Gasteiger partial charge in [0.25, 0.3) is 11.5 Å². The van der Waals surface area contributed by atoms with Gasteiger partial charge in [-0.2, -0.15) is 0 Å². The fraction of sp³-hybridized carbons (Fsp3) is 0.500. The second kappa shape index (κ2) is 18.9. The molecule has 0 saturated heterocycles. The number of esters is 3. The largest absolute Gasteiger partial charge is 0.460 e. The molecule has 2 amide bonds. The molecule has 0 aliphatic heterocycles. The lowest BCUT2D eigenvalue weighted by molar-refractivity contribution is -0.161. The Hall–Kier alpha value is -5.78. The van der Waals surface area contributed by atoms with Crippen LogP contribution < -0.4 is 21.1 Å². The third-order valence-electron chi connectivity index (χ3n) is 7.85. The molecule has 0 saturated carbocycles. The van der Waals surface area contributed by atoms with Crippen molar-refractivity contribution in [1.29, 1.82) is 0 Å². The van der Waals surface area contributed by atoms with Gasteiger partial charge in [-0.15, -0.1) is 6.42 Å². The Morgan fingerprint density at radius 2 is 1.42 bits per heavy atom. The molecule has 57 heavy (non-hydrogen) atoms. The topological polar surface area (TPSA) is 186 Å². The number of hydrogen-bond acceptors (Lipinski definition) is 11. The zero-order chi connectivity index (χ0) is 42.9. The average molecular weight is 792 g/mol. The maximum absolute atomic E-state index is 15.7. The number of fused-ring (bicyclic) bond motifs is 1. The fourth-order valence-corrected chi connectivity index (χ4v) is 5.53. The van der Waals surface area contributed by atoms with Crippen molar-refractivity contribution in [2.45, 2.75) is 130 Å². The molecule has 1 heterocycles. The molecule has 0 aliphatic carbocycles. The van der Waals surface area contributed by atoms with Crippen LogP contribution in [0.25, 0.3) is 10.9 Å². The highest BCUT2D eigenvalue weighted by atomic mass is 19.1. The zero-order valence-corrected chi connectivity index (χ0v) is 34.4. The molecular weight excluding hydrogens is 737 g/mol. The summed E-state index contributed by atoms with van der Waals surface area (Å²) >= 11 is 0. The Bertz CT molecular complexity index is 2070. The summed E-state index contributed by atoms with van der Waals surface area (Å²) in [4.78, 5) is 86.6. The molecule has 2 atom stereocenters. The van der Waals surface area contributed by atoms with E-state index >= 15 is 4.39 Å². The van der Waals surface area contributed by atoms with E-state index in [1.54, 1.807) is 92.3 Å². The van der Waals surface area contributed by atoms with Crippen molar-refractivity contribution >= 4 is 46.3 Å². The molecule has 0 fully saturated rings. The van der Waals surface area contributed by atoms with Gasteiger partial charge in [0.1, 0.15) is 40.5 Å². The number of rotatable bonds is 15. The van der Waals surface area contributed by atoms with E-state index in [0.29, 0.717) is 28.0 Å². The summed E-state index contributed by atoms with van der Waals surface area (Å²) in [6.45, 7) is 16.9. The summed E-state index contributed by atoms with van der Waals surface area (Å²) in [5, 5.41) is 5.44. The van der Waals surface area contributed by atoms with Gasteiger partial charge in [-0.05, 0) is 118 Å². The van der Waals surface area contributed by atoms with Crippen molar-refractivity contribution in [2.75, 3.05) is 11.4 Å². The molecule has 1 aromatic heterocycles. The molecule has 0 bridgehead atoms. The Kier molecular flexibility index (Phi) is 15.1. The minimum absolute atomic E-state index is 0.0735. The molecule has 3 N–H and O–H groups in total. The first-order chi connectivity index (χ1) is 26.3. The predicted molar refractivity (Wildman–Crippen MR) is 213 cm³/mol. The number of nitrogens with zero attached hydrogens (tertiary/aromatic N) is 2. The lowest BCUT2D eigenvalue weighted by Gasteiger charge is -2.26. The van der Waals surface area contributed by atoms with E-state index in [9.17, 15) is 28.8 Å². The maximum Gasteiger partial charge on any atom is 0.329 e. The number of aromatic amines is 1. The highest BCUT2D eigenvalue weighted by molar-refractivity contribution is 5.97. The molecule has 2 aromatic carbocycles. The van der Waals surface area contributed by atoms with E-state index in [4.69, 9.17) is 20.6 Å². The Balaban J connectivity index is 1.78. The van der Waals surface area contributed by atoms with Crippen LogP contribution in [0, 0.1) is 25.1 Å². The number of hydrogen-bond donors (Lipinski definition) is 3. The molecule has 3 aromatic rings. The summed E-state index contributed by atoms with van der Waals surface area (Å²) in [7, 11) is 0. The Morgan fingerprint density at radius 1 is 0.842 bits per heavy atom. The number of anilines is 1. The van der Waals surface area contributed by atoms with Crippen molar-refractivity contribution in [2.24, 2.45) is 0 Å². The Morgan fingerprint density at radius 3 is 1.98 bits per heavy atom. The van der Waals surface area contributed by atoms with E-state index in [1.807, 2.05) is 0 Å². The number of aryl methyl sites for hydroxylation is 1. The van der Waals surface area contributed by atoms with Crippen LogP contribution in [0.5, 0.6) is 0 Å². The monoisotopic (exact) mass is 791 g/mol. The third-order valence-corrected chi connectivity index (χ3v) is 7.85. The minimum Gasteiger partial charge on any atom is -0.460 e. The first kappa shape index (κ1) is 45.6. The number of carbonyl (C=O) groups is 5. The van der Waals surface area contributed by atoms with Crippen LogP contribution in [0.15, 0.2) is 41.2 Å². The summed E-state index contributed by atoms with van der Waals surface area (Å²) in [6, 6.07) is 6.45. The molecular formula is C42H54FN5O9. The molecule has 14 nitrogen and oxygen atoms in total. The van der Waals surface area contributed by atoms with Crippen LogP contribution in [0.3, 0.4) is 0 Å². The van der Waals surface area contributed by atoms with E-state index in [2.05, 4.69) is 26.5 Å². The average Bonchev–Trinajstić information content (AvgIpc) is 3.05. The molecule has 0 unspecified atom stereocenters. The van der Waals surface area contributed by atoms with Gasteiger partial charge in [0.15, 0.2) is 0 Å². The molecule has 3 rings (SSSR count). The van der Waals surface area contributed by atoms with Gasteiger partial charge in [0, 0.05) is 25.1 Å². The van der Waals surface area contributed by atoms with Gasteiger partial charge >= 0.3 is 17.9 Å². The van der Waals surface area contributed by atoms with Gasteiger partial charge in [0.05, 0.1) is 23.0 Å². The quantitative estimate of drug-likeness (QED) is 0.105. The normalized spacial score (nSPS) is 12.8. The second-order valence-corrected chi connectivity index (χ2v) is 16.6. The van der Waals surface area contributed by atoms with Crippen molar-refractivity contribution in [3.63, 3.8) is 0 Å². The van der Waals surface area contributed by atoms with E-state index < -0.39 is 64.4 Å². The molecule has 15 heteroatoms. The number of halogens is 1. The van der Waals surface area contributed by atoms with Crippen LogP contribution in [-0.2, 0) is 39.9 Å². The number of carbonyl (C=O) groups excluding carboxylic acids is 5. The van der Waals surface area contributed by atoms with Crippen molar-refractivity contribution < 1.29 is 42.6 Å². The summed E-state index contributed by atoms with van der Waals surface area (Å²) < 4.78 is 32.0. The number of amides is 2. The highest BCUT2D eigenvalue weighted by Gasteiger charge is 2.31. The smallest absolute Gasteiger partial charge is 0.329 e. The van der Waals surface area contributed by atoms with Gasteiger partial charge < -0.3 is 34.7 Å². The molecule has 0 spiro atoms. The summed E-state index contributed by atoms with van der Waals surface area (Å²) in [6.07, 6.45) is 4.68. The van der Waals surface area contributed by atoms with Crippen LogP contribution >= 0.6 is 0 Å². The molecule has 0 radical (unpaired) electrons. The molecule has 0 aliphatic rings. The number of ether oxygens (including phenoxy) is 3. The van der Waals surface area contributed by atoms with Gasteiger partial charge in [-0.25, -0.2) is 19.0 Å². The second-order valence-electron chi connectivity index (χ2n) is 16.6. The van der Waals surface area contributed by atoms with Crippen molar-refractivity contribution in [3.8, 4) is 12.3 Å². The van der Waals surface area contributed by atoms with Crippen LogP contribution in [-0.4, -0.2) is 75.1 Å². The van der Waals surface area contributed by atoms with Gasteiger partial charge in [0.2, 0.25) is 5.91 Å². The number of aromatic nitrogens is 2. The SMILES string of the molecule is C#CCN(Cc1ccc2nc(C)[nH]c(=O)c2c1)c1ccc(C(=O)N[C@@H](CCC(=O)N[C@H](CCC(=O)OC(C)(C)C)C(=O)OC(C)(C)C)C(=O)OC(C)(C)C)c(F)c1. The van der Waals surface area contributed by atoms with Crippen LogP contribution in [0.2, 0.25) is 0 Å².